The maximum Gasteiger partial charge on any atom is 0.573 e. The number of aromatic amines is 1. The molecule has 9 N–H and O–H groups in total. The number of rotatable bonds is 13. The van der Waals surface area contributed by atoms with Crippen molar-refractivity contribution in [3.63, 3.8) is 0 Å². The van der Waals surface area contributed by atoms with Gasteiger partial charge < -0.3 is 37.3 Å². The molecule has 2 aromatic heterocycles. The van der Waals surface area contributed by atoms with Gasteiger partial charge in [-0.05, 0) is 61.8 Å². The van der Waals surface area contributed by atoms with Crippen LogP contribution in [0.25, 0.3) is 28.0 Å². The molecule has 0 aliphatic carbocycles. The van der Waals surface area contributed by atoms with E-state index in [1.807, 2.05) is 12.1 Å². The van der Waals surface area contributed by atoms with Gasteiger partial charge in [0.1, 0.15) is 11.4 Å². The Hall–Kier alpha value is -3.92. The zero-order valence-corrected chi connectivity index (χ0v) is 24.6. The van der Waals surface area contributed by atoms with Gasteiger partial charge >= 0.3 is 12.1 Å². The number of alkyl halides is 3. The second-order valence-corrected chi connectivity index (χ2v) is 10.7. The molecule has 230 valence electrons. The van der Waals surface area contributed by atoms with Gasteiger partial charge in [-0.2, -0.15) is 4.98 Å². The fourth-order valence-corrected chi connectivity index (χ4v) is 5.07. The predicted molar refractivity (Wildman–Crippen MR) is 162 cm³/mol. The topological polar surface area (TPSA) is 183 Å². The predicted octanol–water partition coefficient (Wildman–Crippen LogP) is 3.05. The number of H-pyrrole nitrogens is 1. The van der Waals surface area contributed by atoms with Crippen molar-refractivity contribution in [2.45, 2.75) is 38.3 Å². The largest absolute Gasteiger partial charge is 0.573 e. The molecule has 1 atom stereocenters. The molecule has 0 saturated heterocycles. The summed E-state index contributed by atoms with van der Waals surface area (Å²) in [6.45, 7) is 2.07. The van der Waals surface area contributed by atoms with Gasteiger partial charge in [0.15, 0.2) is 5.96 Å². The second kappa shape index (κ2) is 14.0. The average molecular weight is 666 g/mol. The van der Waals surface area contributed by atoms with Crippen molar-refractivity contribution in [1.82, 2.24) is 19.9 Å². The highest BCUT2D eigenvalue weighted by molar-refractivity contribution is 9.10. The van der Waals surface area contributed by atoms with E-state index in [9.17, 15) is 23.1 Å². The Kier molecular flexibility index (Phi) is 10.4. The Bertz CT molecular complexity index is 1630. The lowest BCUT2D eigenvalue weighted by Crippen LogP contribution is -2.23. The molecule has 4 rings (SSSR count). The van der Waals surface area contributed by atoms with Gasteiger partial charge in [0.2, 0.25) is 0 Å². The fraction of sp³-hybridized carbons (Fsp3) is 0.321. The zero-order chi connectivity index (χ0) is 31.1. The lowest BCUT2D eigenvalue weighted by Gasteiger charge is -2.18. The van der Waals surface area contributed by atoms with Crippen LogP contribution in [0.15, 0.2) is 62.9 Å². The van der Waals surface area contributed by atoms with E-state index >= 15 is 0 Å². The maximum atomic E-state index is 13.3. The number of halogens is 4. The summed E-state index contributed by atoms with van der Waals surface area (Å²) >= 11 is 3.33. The molecular formula is C28H32BrF3N8O3. The third-order valence-electron chi connectivity index (χ3n) is 6.49. The van der Waals surface area contributed by atoms with E-state index in [4.69, 9.17) is 17.2 Å². The van der Waals surface area contributed by atoms with Crippen molar-refractivity contribution in [1.29, 1.82) is 0 Å². The van der Waals surface area contributed by atoms with Gasteiger partial charge in [-0.3, -0.25) is 9.56 Å². The molecule has 0 fully saturated rings. The summed E-state index contributed by atoms with van der Waals surface area (Å²) in [6, 6.07) is 11.9. The molecule has 1 unspecified atom stereocenters. The van der Waals surface area contributed by atoms with Crippen molar-refractivity contribution in [3.8, 4) is 22.7 Å². The standard InChI is InChI=1S/C28H32BrF3N8O3/c29-22-10-17(12-24(43-28(30,31)32)21(22)13-20(41)6-7-33)23-11-18-15-40(27(42)39-25(18)38-23)19-4-2-16(3-5-19)14-36-8-1-9-37-26(34)35/h2-5,10-12,15,20,36,41H,1,6-9,13-14,33H2,(H4,34,35,37)(H,38,39,42). The van der Waals surface area contributed by atoms with Crippen LogP contribution in [0, 0.1) is 0 Å². The molecule has 43 heavy (non-hydrogen) atoms. The molecule has 0 bridgehead atoms. The summed E-state index contributed by atoms with van der Waals surface area (Å²) in [5, 5.41) is 14.0. The second-order valence-electron chi connectivity index (χ2n) is 9.80. The molecule has 0 spiro atoms. The van der Waals surface area contributed by atoms with Crippen LogP contribution in [0.2, 0.25) is 0 Å². The van der Waals surface area contributed by atoms with Gasteiger partial charge in [0, 0.05) is 52.4 Å². The number of ether oxygens (including phenoxy) is 1. The lowest BCUT2D eigenvalue weighted by atomic mass is 10.0. The normalized spacial score (nSPS) is 12.4. The highest BCUT2D eigenvalue weighted by atomic mass is 79.9. The minimum absolute atomic E-state index is 0.0667. The van der Waals surface area contributed by atoms with E-state index in [0.29, 0.717) is 39.9 Å². The van der Waals surface area contributed by atoms with E-state index < -0.39 is 23.9 Å². The highest BCUT2D eigenvalue weighted by Crippen LogP contribution is 2.37. The number of hydrogen-bond donors (Lipinski definition) is 6. The summed E-state index contributed by atoms with van der Waals surface area (Å²) < 4.78 is 45.8. The molecule has 0 saturated carbocycles. The number of nitrogens with one attached hydrogen (secondary N) is 2. The van der Waals surface area contributed by atoms with E-state index in [1.165, 1.54) is 10.6 Å². The Morgan fingerprint density at radius 2 is 1.95 bits per heavy atom. The average Bonchev–Trinajstić information content (AvgIpc) is 3.34. The van der Waals surface area contributed by atoms with Crippen molar-refractivity contribution in [2.75, 3.05) is 19.6 Å². The smallest absolute Gasteiger partial charge is 0.405 e. The number of nitrogens with zero attached hydrogens (tertiary/aromatic N) is 3. The minimum Gasteiger partial charge on any atom is -0.405 e. The van der Waals surface area contributed by atoms with Crippen molar-refractivity contribution >= 4 is 32.9 Å². The van der Waals surface area contributed by atoms with Gasteiger partial charge in [-0.25, -0.2) is 4.79 Å². The summed E-state index contributed by atoms with van der Waals surface area (Å²) in [4.78, 5) is 23.9. The van der Waals surface area contributed by atoms with Crippen LogP contribution in [0.1, 0.15) is 24.0 Å². The number of aliphatic imine (C=N–C) groups is 1. The fourth-order valence-electron chi connectivity index (χ4n) is 4.46. The highest BCUT2D eigenvalue weighted by Gasteiger charge is 2.33. The van der Waals surface area contributed by atoms with Crippen LogP contribution in [0.3, 0.4) is 0 Å². The number of aromatic nitrogens is 3. The van der Waals surface area contributed by atoms with E-state index in [0.717, 1.165) is 18.5 Å². The van der Waals surface area contributed by atoms with Crippen LogP contribution < -0.4 is 32.9 Å². The number of benzene rings is 2. The lowest BCUT2D eigenvalue weighted by molar-refractivity contribution is -0.275. The minimum atomic E-state index is -4.95. The first-order valence-corrected chi connectivity index (χ1v) is 14.2. The summed E-state index contributed by atoms with van der Waals surface area (Å²) in [5.74, 6) is -0.389. The van der Waals surface area contributed by atoms with Crippen LogP contribution in [0.4, 0.5) is 13.2 Å². The molecule has 0 aliphatic heterocycles. The van der Waals surface area contributed by atoms with Gasteiger partial charge in [-0.15, -0.1) is 13.2 Å². The van der Waals surface area contributed by atoms with Crippen LogP contribution in [0.5, 0.6) is 5.75 Å². The number of hydrogen-bond acceptors (Lipinski definition) is 7. The third-order valence-corrected chi connectivity index (χ3v) is 7.20. The van der Waals surface area contributed by atoms with E-state index in [1.54, 1.807) is 30.5 Å². The molecule has 0 radical (unpaired) electrons. The Morgan fingerprint density at radius 1 is 1.21 bits per heavy atom. The molecule has 2 aromatic carbocycles. The van der Waals surface area contributed by atoms with Crippen molar-refractivity contribution in [3.05, 3.63) is 74.7 Å². The van der Waals surface area contributed by atoms with Gasteiger partial charge in [0.05, 0.1) is 11.8 Å². The molecule has 11 nitrogen and oxygen atoms in total. The zero-order valence-electron chi connectivity index (χ0n) is 23.0. The quantitative estimate of drug-likeness (QED) is 0.0716. The molecule has 2 heterocycles. The van der Waals surface area contributed by atoms with Crippen LogP contribution in [-0.4, -0.2) is 57.7 Å². The Balaban J connectivity index is 1.57. The van der Waals surface area contributed by atoms with E-state index in [2.05, 4.69) is 40.9 Å². The van der Waals surface area contributed by atoms with Gasteiger partial charge in [0.25, 0.3) is 0 Å². The molecular weight excluding hydrogens is 633 g/mol. The summed E-state index contributed by atoms with van der Waals surface area (Å²) in [6.07, 6.45) is -3.38. The monoisotopic (exact) mass is 664 g/mol. The molecule has 4 aromatic rings. The summed E-state index contributed by atoms with van der Waals surface area (Å²) in [7, 11) is 0. The maximum absolute atomic E-state index is 13.3. The molecule has 0 amide bonds. The number of guanidine groups is 1. The van der Waals surface area contributed by atoms with E-state index in [-0.39, 0.29) is 36.6 Å². The molecule has 0 aliphatic rings. The van der Waals surface area contributed by atoms with Crippen LogP contribution in [-0.2, 0) is 13.0 Å². The number of nitrogens with two attached hydrogens (primary N) is 3. The Labute approximate surface area is 253 Å². The van der Waals surface area contributed by atoms with Crippen LogP contribution >= 0.6 is 15.9 Å². The first-order chi connectivity index (χ1) is 20.4. The number of fused-ring (bicyclic) bond motifs is 1. The number of aliphatic hydroxyl groups excluding tert-OH is 1. The third kappa shape index (κ3) is 8.79. The first kappa shape index (κ1) is 32.0. The van der Waals surface area contributed by atoms with Crippen molar-refractivity contribution in [2.24, 2.45) is 22.2 Å². The van der Waals surface area contributed by atoms with Crippen molar-refractivity contribution < 1.29 is 23.0 Å². The Morgan fingerprint density at radius 3 is 2.63 bits per heavy atom. The SMILES string of the molecule is NCCC(O)Cc1c(Br)cc(-c2cc3cn(-c4ccc(CNCCCN=C(N)N)cc4)c(=O)nc3[nH]2)cc1OC(F)(F)F. The summed E-state index contributed by atoms with van der Waals surface area (Å²) in [5.41, 5.74) is 18.4. The van der Waals surface area contributed by atoms with Gasteiger partial charge in [-0.1, -0.05) is 28.1 Å². The first-order valence-electron chi connectivity index (χ1n) is 13.4. The molecule has 15 heteroatoms. The number of aliphatic hydroxyl groups is 1.